The molecule has 0 spiro atoms. The highest BCUT2D eigenvalue weighted by molar-refractivity contribution is 5.42. The highest BCUT2D eigenvalue weighted by Crippen LogP contribution is 2.27. The summed E-state index contributed by atoms with van der Waals surface area (Å²) in [6.45, 7) is 8.28. The fourth-order valence-corrected chi connectivity index (χ4v) is 3.93. The van der Waals surface area contributed by atoms with E-state index in [1.807, 2.05) is 26.0 Å². The normalized spacial score (nSPS) is 23.9. The van der Waals surface area contributed by atoms with Crippen LogP contribution in [0.1, 0.15) is 24.1 Å². The van der Waals surface area contributed by atoms with Gasteiger partial charge in [0.1, 0.15) is 17.8 Å². The van der Waals surface area contributed by atoms with Crippen LogP contribution in [0.3, 0.4) is 0 Å². The van der Waals surface area contributed by atoms with Crippen molar-refractivity contribution in [1.29, 1.82) is 0 Å². The van der Waals surface area contributed by atoms with Crippen molar-refractivity contribution in [2.45, 2.75) is 32.9 Å². The van der Waals surface area contributed by atoms with E-state index in [-0.39, 0.29) is 11.9 Å². The van der Waals surface area contributed by atoms with E-state index in [0.717, 1.165) is 31.2 Å². The molecule has 0 saturated carbocycles. The molecule has 2 aromatic heterocycles. The zero-order valence-corrected chi connectivity index (χ0v) is 15.3. The van der Waals surface area contributed by atoms with Crippen LogP contribution in [-0.2, 0) is 17.7 Å². The highest BCUT2D eigenvalue weighted by Gasteiger charge is 2.35. The molecule has 7 heteroatoms. The summed E-state index contributed by atoms with van der Waals surface area (Å²) in [5.41, 5.74) is 0.476. The summed E-state index contributed by atoms with van der Waals surface area (Å²) in [7, 11) is 0. The molecule has 0 radical (unpaired) electrons. The van der Waals surface area contributed by atoms with Crippen molar-refractivity contribution in [3.8, 4) is 0 Å². The monoisotopic (exact) mass is 360 g/mol. The Morgan fingerprint density at radius 2 is 2.08 bits per heavy atom. The Balaban J connectivity index is 1.58. The van der Waals surface area contributed by atoms with Crippen molar-refractivity contribution in [3.63, 3.8) is 0 Å². The summed E-state index contributed by atoms with van der Waals surface area (Å²) >= 11 is 0. The predicted molar refractivity (Wildman–Crippen MR) is 95.5 cm³/mol. The molecule has 4 heterocycles. The molecule has 0 unspecified atom stereocenters. The SMILES string of the molecule is CCc1ncnc(N2C[C@@H]3COC[C@H](C2)N(Cc2ccc(C)o2)C3)c1F. The molecule has 4 rings (SSSR count). The zero-order valence-electron chi connectivity index (χ0n) is 15.3. The number of hydrogen-bond donors (Lipinski definition) is 0. The van der Waals surface area contributed by atoms with E-state index in [1.165, 1.54) is 6.33 Å². The molecular weight excluding hydrogens is 335 g/mol. The van der Waals surface area contributed by atoms with Crippen LogP contribution in [0, 0.1) is 18.7 Å². The number of aromatic nitrogens is 2. The zero-order chi connectivity index (χ0) is 18.1. The van der Waals surface area contributed by atoms with Crippen molar-refractivity contribution in [3.05, 3.63) is 41.5 Å². The van der Waals surface area contributed by atoms with Gasteiger partial charge in [0, 0.05) is 25.6 Å². The largest absolute Gasteiger partial charge is 0.465 e. The number of nitrogens with zero attached hydrogens (tertiary/aromatic N) is 4. The van der Waals surface area contributed by atoms with E-state index in [2.05, 4.69) is 19.8 Å². The molecule has 0 aromatic carbocycles. The number of fused-ring (bicyclic) bond motifs is 3. The number of ether oxygens (including phenoxy) is 1. The fraction of sp³-hybridized carbons (Fsp3) is 0.579. The lowest BCUT2D eigenvalue weighted by molar-refractivity contribution is 0.0854. The Morgan fingerprint density at radius 3 is 2.85 bits per heavy atom. The fourth-order valence-electron chi connectivity index (χ4n) is 3.93. The Kier molecular flexibility index (Phi) is 4.91. The Bertz CT molecular complexity index is 766. The Hall–Kier alpha value is -1.99. The van der Waals surface area contributed by atoms with Crippen LogP contribution in [-0.4, -0.2) is 53.8 Å². The first-order valence-corrected chi connectivity index (χ1v) is 9.25. The van der Waals surface area contributed by atoms with Gasteiger partial charge >= 0.3 is 0 Å². The number of furan rings is 1. The molecule has 2 aliphatic heterocycles. The minimum atomic E-state index is -0.288. The van der Waals surface area contributed by atoms with E-state index in [4.69, 9.17) is 9.15 Å². The molecule has 26 heavy (non-hydrogen) atoms. The average molecular weight is 360 g/mol. The van der Waals surface area contributed by atoms with E-state index in [0.29, 0.717) is 43.6 Å². The van der Waals surface area contributed by atoms with Crippen molar-refractivity contribution >= 4 is 5.82 Å². The highest BCUT2D eigenvalue weighted by atomic mass is 19.1. The number of halogens is 1. The van der Waals surface area contributed by atoms with Crippen molar-refractivity contribution in [2.75, 3.05) is 37.7 Å². The smallest absolute Gasteiger partial charge is 0.187 e. The van der Waals surface area contributed by atoms with Gasteiger partial charge in [-0.3, -0.25) is 4.90 Å². The first-order valence-electron chi connectivity index (χ1n) is 9.25. The minimum absolute atomic E-state index is 0.173. The Labute approximate surface area is 153 Å². The van der Waals surface area contributed by atoms with Crippen LogP contribution < -0.4 is 4.90 Å². The number of aryl methyl sites for hydroxylation is 2. The molecule has 0 amide bonds. The predicted octanol–water partition coefficient (Wildman–Crippen LogP) is 2.42. The van der Waals surface area contributed by atoms with Crippen LogP contribution in [0.4, 0.5) is 10.2 Å². The molecule has 2 aliphatic rings. The van der Waals surface area contributed by atoms with Gasteiger partial charge in [-0.15, -0.1) is 0 Å². The first-order chi connectivity index (χ1) is 12.6. The second-order valence-electron chi connectivity index (χ2n) is 7.22. The second kappa shape index (κ2) is 7.32. The maximum absolute atomic E-state index is 14.8. The van der Waals surface area contributed by atoms with Crippen LogP contribution in [0.15, 0.2) is 22.9 Å². The third kappa shape index (κ3) is 3.46. The van der Waals surface area contributed by atoms with Crippen LogP contribution in [0.2, 0.25) is 0 Å². The Morgan fingerprint density at radius 1 is 1.19 bits per heavy atom. The van der Waals surface area contributed by atoms with Crippen molar-refractivity contribution in [1.82, 2.24) is 14.9 Å². The van der Waals surface area contributed by atoms with Crippen molar-refractivity contribution < 1.29 is 13.5 Å². The van der Waals surface area contributed by atoms with Crippen LogP contribution in [0.5, 0.6) is 0 Å². The molecule has 2 aromatic rings. The lowest BCUT2D eigenvalue weighted by Gasteiger charge is -2.31. The average Bonchev–Trinajstić information content (AvgIpc) is 2.83. The third-order valence-corrected chi connectivity index (χ3v) is 5.22. The molecule has 2 saturated heterocycles. The van der Waals surface area contributed by atoms with Gasteiger partial charge in [0.05, 0.1) is 31.5 Å². The maximum atomic E-state index is 14.8. The third-order valence-electron chi connectivity index (χ3n) is 5.22. The van der Waals surface area contributed by atoms with Gasteiger partial charge in [-0.05, 0) is 25.5 Å². The minimum Gasteiger partial charge on any atom is -0.465 e. The summed E-state index contributed by atoms with van der Waals surface area (Å²) in [6, 6.07) is 4.19. The molecule has 0 aliphatic carbocycles. The number of rotatable bonds is 4. The van der Waals surface area contributed by atoms with E-state index >= 15 is 0 Å². The molecule has 140 valence electrons. The topological polar surface area (TPSA) is 54.6 Å². The molecule has 6 nitrogen and oxygen atoms in total. The second-order valence-corrected chi connectivity index (χ2v) is 7.22. The van der Waals surface area contributed by atoms with Gasteiger partial charge in [0.15, 0.2) is 11.6 Å². The molecule has 0 N–H and O–H groups in total. The van der Waals surface area contributed by atoms with Crippen molar-refractivity contribution in [2.24, 2.45) is 5.92 Å². The lowest BCUT2D eigenvalue weighted by atomic mass is 10.1. The summed E-state index contributed by atoms with van der Waals surface area (Å²) in [6.07, 6.45) is 2.03. The maximum Gasteiger partial charge on any atom is 0.187 e. The molecule has 2 bridgehead atoms. The van der Waals surface area contributed by atoms with Gasteiger partial charge in [-0.1, -0.05) is 6.92 Å². The summed E-state index contributed by atoms with van der Waals surface area (Å²) in [5, 5.41) is 0. The molecular formula is C19H25FN4O2. The van der Waals surface area contributed by atoms with E-state index in [9.17, 15) is 4.39 Å². The number of anilines is 1. The van der Waals surface area contributed by atoms with Gasteiger partial charge in [0.2, 0.25) is 0 Å². The first kappa shape index (κ1) is 17.4. The summed E-state index contributed by atoms with van der Waals surface area (Å²) in [5.74, 6) is 2.32. The number of hydrogen-bond acceptors (Lipinski definition) is 6. The summed E-state index contributed by atoms with van der Waals surface area (Å²) < 4.78 is 26.4. The van der Waals surface area contributed by atoms with Crippen LogP contribution in [0.25, 0.3) is 0 Å². The standard InChI is InChI=1S/C19H25FN4O2/c1-3-17-18(20)19(22-12-21-17)24-7-14-6-23(15(8-24)11-25-10-14)9-16-5-4-13(2)26-16/h4-5,12,14-15H,3,6-11H2,1-2H3/t14-,15+/m1/s1. The molecule has 2 atom stereocenters. The quantitative estimate of drug-likeness (QED) is 0.835. The summed E-state index contributed by atoms with van der Waals surface area (Å²) in [4.78, 5) is 12.8. The van der Waals surface area contributed by atoms with Gasteiger partial charge in [-0.2, -0.15) is 0 Å². The van der Waals surface area contributed by atoms with E-state index < -0.39 is 0 Å². The van der Waals surface area contributed by atoms with Gasteiger partial charge < -0.3 is 14.1 Å². The van der Waals surface area contributed by atoms with E-state index in [1.54, 1.807) is 0 Å². The van der Waals surface area contributed by atoms with Gasteiger partial charge in [-0.25, -0.2) is 14.4 Å². The van der Waals surface area contributed by atoms with Gasteiger partial charge in [0.25, 0.3) is 0 Å². The molecule has 2 fully saturated rings. The lowest BCUT2D eigenvalue weighted by Crippen LogP contribution is -2.44. The van der Waals surface area contributed by atoms with Crippen LogP contribution >= 0.6 is 0 Å².